The van der Waals surface area contributed by atoms with Gasteiger partial charge >= 0.3 is 0 Å². The molecule has 0 fully saturated rings. The van der Waals surface area contributed by atoms with Gasteiger partial charge in [-0.25, -0.2) is 9.37 Å². The molecule has 0 radical (unpaired) electrons. The summed E-state index contributed by atoms with van der Waals surface area (Å²) in [6.45, 7) is 0. The van der Waals surface area contributed by atoms with Crippen molar-refractivity contribution in [3.63, 3.8) is 0 Å². The Labute approximate surface area is 70.2 Å². The number of hydrogen-bond acceptors (Lipinski definition) is 2. The van der Waals surface area contributed by atoms with Crippen molar-refractivity contribution in [3.05, 3.63) is 28.8 Å². The summed E-state index contributed by atoms with van der Waals surface area (Å²) in [5.41, 5.74) is 1.10. The first-order chi connectivity index (χ1) is 5.27. The van der Waals surface area contributed by atoms with Crippen LogP contribution >= 0.6 is 15.9 Å². The molecule has 1 heterocycles. The van der Waals surface area contributed by atoms with Crippen molar-refractivity contribution >= 4 is 27.0 Å². The van der Waals surface area contributed by atoms with Gasteiger partial charge in [-0.2, -0.15) is 0 Å². The average molecular weight is 216 g/mol. The van der Waals surface area contributed by atoms with Crippen molar-refractivity contribution in [3.8, 4) is 0 Å². The second-order valence-corrected chi connectivity index (χ2v) is 2.94. The highest BCUT2D eigenvalue weighted by Gasteiger charge is 2.04. The third kappa shape index (κ3) is 1.03. The largest absolute Gasteiger partial charge is 0.442 e. The molecule has 0 atom stereocenters. The van der Waals surface area contributed by atoms with Crippen LogP contribution in [0.2, 0.25) is 0 Å². The Morgan fingerprint density at radius 3 is 3.09 bits per heavy atom. The molecule has 0 bridgehead atoms. The van der Waals surface area contributed by atoms with Crippen molar-refractivity contribution in [2.24, 2.45) is 0 Å². The summed E-state index contributed by atoms with van der Waals surface area (Å²) < 4.78 is 18.2. The number of nitrogens with zero attached hydrogens (tertiary/aromatic N) is 1. The van der Waals surface area contributed by atoms with Gasteiger partial charge in [0.05, 0.1) is 4.47 Å². The Balaban J connectivity index is 2.91. The van der Waals surface area contributed by atoms with E-state index >= 15 is 0 Å². The molecule has 11 heavy (non-hydrogen) atoms. The summed E-state index contributed by atoms with van der Waals surface area (Å²) in [6, 6.07) is 2.66. The van der Waals surface area contributed by atoms with E-state index in [0.717, 1.165) is 0 Å². The van der Waals surface area contributed by atoms with Crippen molar-refractivity contribution in [1.29, 1.82) is 0 Å². The summed E-state index contributed by atoms with van der Waals surface area (Å²) in [5.74, 6) is -0.321. The van der Waals surface area contributed by atoms with Crippen molar-refractivity contribution in [1.82, 2.24) is 4.98 Å². The van der Waals surface area contributed by atoms with Gasteiger partial charge in [0.25, 0.3) is 0 Å². The maximum atomic E-state index is 12.7. The number of halogens is 2. The Morgan fingerprint density at radius 1 is 1.45 bits per heavy atom. The molecule has 0 saturated heterocycles. The lowest BCUT2D eigenvalue weighted by Gasteiger charge is -1.90. The molecule has 0 spiro atoms. The van der Waals surface area contributed by atoms with Gasteiger partial charge in [0.1, 0.15) is 11.3 Å². The second kappa shape index (κ2) is 2.30. The maximum absolute atomic E-state index is 12.7. The molecule has 0 aliphatic carbocycles. The van der Waals surface area contributed by atoms with E-state index in [0.29, 0.717) is 15.6 Å². The number of oxazole rings is 1. The minimum Gasteiger partial charge on any atom is -0.442 e. The third-order valence-electron chi connectivity index (χ3n) is 1.35. The van der Waals surface area contributed by atoms with Gasteiger partial charge in [-0.15, -0.1) is 0 Å². The quantitative estimate of drug-likeness (QED) is 0.676. The Morgan fingerprint density at radius 2 is 2.27 bits per heavy atom. The number of aromatic nitrogens is 1. The van der Waals surface area contributed by atoms with Gasteiger partial charge in [-0.1, -0.05) is 0 Å². The topological polar surface area (TPSA) is 26.0 Å². The zero-order chi connectivity index (χ0) is 7.84. The molecule has 4 heteroatoms. The lowest BCUT2D eigenvalue weighted by atomic mass is 10.3. The summed E-state index contributed by atoms with van der Waals surface area (Å²) in [7, 11) is 0. The van der Waals surface area contributed by atoms with Crippen LogP contribution in [0, 0.1) is 5.82 Å². The van der Waals surface area contributed by atoms with E-state index in [2.05, 4.69) is 20.9 Å². The predicted molar refractivity (Wildman–Crippen MR) is 41.7 cm³/mol. The smallest absolute Gasteiger partial charge is 0.182 e. The number of rotatable bonds is 0. The van der Waals surface area contributed by atoms with Gasteiger partial charge in [0.2, 0.25) is 0 Å². The highest BCUT2D eigenvalue weighted by atomic mass is 79.9. The zero-order valence-corrected chi connectivity index (χ0v) is 6.93. The van der Waals surface area contributed by atoms with Gasteiger partial charge < -0.3 is 4.42 Å². The molecule has 2 rings (SSSR count). The van der Waals surface area contributed by atoms with Crippen molar-refractivity contribution < 1.29 is 8.81 Å². The third-order valence-corrected chi connectivity index (χ3v) is 1.94. The highest BCUT2D eigenvalue weighted by molar-refractivity contribution is 9.10. The van der Waals surface area contributed by atoms with Crippen LogP contribution in [0.15, 0.2) is 27.4 Å². The summed E-state index contributed by atoms with van der Waals surface area (Å²) in [5, 5.41) is 0. The van der Waals surface area contributed by atoms with Crippen LogP contribution in [0.25, 0.3) is 11.1 Å². The summed E-state index contributed by atoms with van der Waals surface area (Å²) in [4.78, 5) is 3.80. The number of hydrogen-bond donors (Lipinski definition) is 0. The molecule has 56 valence electrons. The van der Waals surface area contributed by atoms with E-state index < -0.39 is 0 Å². The fraction of sp³-hybridized carbons (Fsp3) is 0. The van der Waals surface area contributed by atoms with E-state index in [1.165, 1.54) is 18.5 Å². The van der Waals surface area contributed by atoms with Crippen LogP contribution in [-0.2, 0) is 0 Å². The minimum absolute atomic E-state index is 0.321. The fourth-order valence-electron chi connectivity index (χ4n) is 0.895. The van der Waals surface area contributed by atoms with E-state index in [9.17, 15) is 4.39 Å². The van der Waals surface area contributed by atoms with Gasteiger partial charge in [0, 0.05) is 6.07 Å². The van der Waals surface area contributed by atoms with Gasteiger partial charge in [-0.05, 0) is 22.0 Å². The van der Waals surface area contributed by atoms with Crippen LogP contribution < -0.4 is 0 Å². The van der Waals surface area contributed by atoms with E-state index in [1.807, 2.05) is 0 Å². The van der Waals surface area contributed by atoms with Crippen LogP contribution in [-0.4, -0.2) is 4.98 Å². The lowest BCUT2D eigenvalue weighted by molar-refractivity contribution is 0.597. The minimum atomic E-state index is -0.321. The molecular weight excluding hydrogens is 213 g/mol. The first-order valence-electron chi connectivity index (χ1n) is 2.95. The van der Waals surface area contributed by atoms with E-state index in [1.54, 1.807) is 0 Å². The van der Waals surface area contributed by atoms with E-state index in [-0.39, 0.29) is 5.82 Å². The normalized spacial score (nSPS) is 10.7. The van der Waals surface area contributed by atoms with Crippen molar-refractivity contribution in [2.75, 3.05) is 0 Å². The molecule has 0 N–H and O–H groups in total. The lowest BCUT2D eigenvalue weighted by Crippen LogP contribution is -1.75. The monoisotopic (exact) mass is 215 g/mol. The Bertz CT molecular complexity index is 398. The second-order valence-electron chi connectivity index (χ2n) is 2.09. The van der Waals surface area contributed by atoms with Gasteiger partial charge in [0.15, 0.2) is 12.0 Å². The molecule has 0 amide bonds. The van der Waals surface area contributed by atoms with Crippen LogP contribution in [0.3, 0.4) is 0 Å². The first-order valence-corrected chi connectivity index (χ1v) is 3.75. The predicted octanol–water partition coefficient (Wildman–Crippen LogP) is 2.73. The van der Waals surface area contributed by atoms with Crippen LogP contribution in [0.1, 0.15) is 0 Å². The number of benzene rings is 1. The molecule has 1 aromatic carbocycles. The standard InChI is InChI=1S/C7H3BrFNO/c8-5-1-4(9)2-6-7(5)11-3-10-6/h1-3H. The average Bonchev–Trinajstić information content (AvgIpc) is 2.34. The van der Waals surface area contributed by atoms with Crippen LogP contribution in [0.4, 0.5) is 4.39 Å². The van der Waals surface area contributed by atoms with E-state index in [4.69, 9.17) is 4.42 Å². The molecule has 2 aromatic rings. The molecule has 2 nitrogen and oxygen atoms in total. The SMILES string of the molecule is Fc1cc(Br)c2ocnc2c1. The molecular formula is C7H3BrFNO. The Kier molecular flexibility index (Phi) is 1.42. The fourth-order valence-corrected chi connectivity index (χ4v) is 1.41. The molecule has 0 aliphatic heterocycles. The van der Waals surface area contributed by atoms with Gasteiger partial charge in [-0.3, -0.25) is 0 Å². The zero-order valence-electron chi connectivity index (χ0n) is 5.34. The molecule has 0 saturated carbocycles. The van der Waals surface area contributed by atoms with Crippen molar-refractivity contribution in [2.45, 2.75) is 0 Å². The van der Waals surface area contributed by atoms with Crippen LogP contribution in [0.5, 0.6) is 0 Å². The Hall–Kier alpha value is -0.900. The highest BCUT2D eigenvalue weighted by Crippen LogP contribution is 2.23. The first kappa shape index (κ1) is 6.79. The molecule has 0 aliphatic rings. The summed E-state index contributed by atoms with van der Waals surface area (Å²) >= 11 is 3.15. The molecule has 0 unspecified atom stereocenters. The maximum Gasteiger partial charge on any atom is 0.182 e. The molecule has 1 aromatic heterocycles. The number of fused-ring (bicyclic) bond motifs is 1. The summed E-state index contributed by atoms with van der Waals surface area (Å²) in [6.07, 6.45) is 1.29.